The van der Waals surface area contributed by atoms with Crippen molar-refractivity contribution < 1.29 is 23.4 Å². The van der Waals surface area contributed by atoms with Gasteiger partial charge in [0.15, 0.2) is 11.5 Å². The average Bonchev–Trinajstić information content (AvgIpc) is 2.41. The molecule has 0 aromatic heterocycles. The molecule has 0 unspecified atom stereocenters. The number of anilines is 1. The van der Waals surface area contributed by atoms with Crippen LogP contribution in [0.5, 0.6) is 11.5 Å². The number of hydrogen-bond donors (Lipinski definition) is 4. The summed E-state index contributed by atoms with van der Waals surface area (Å²) in [5.41, 5.74) is 0.338. The van der Waals surface area contributed by atoms with Crippen LogP contribution in [-0.2, 0) is 10.0 Å². The molecule has 0 spiro atoms. The zero-order valence-corrected chi connectivity index (χ0v) is 11.5. The highest BCUT2D eigenvalue weighted by Gasteiger charge is 2.12. The fourth-order valence-electron chi connectivity index (χ4n) is 1.62. The lowest BCUT2D eigenvalue weighted by Crippen LogP contribution is -2.14. The Balaban J connectivity index is 2.25. The Kier molecular flexibility index (Phi) is 3.83. The maximum absolute atomic E-state index is 12.0. The summed E-state index contributed by atoms with van der Waals surface area (Å²) in [6.07, 6.45) is 0. The number of benzene rings is 2. The first-order chi connectivity index (χ1) is 9.77. The van der Waals surface area contributed by atoms with Gasteiger partial charge < -0.3 is 15.5 Å². The molecule has 0 saturated carbocycles. The third-order valence-corrected chi connectivity index (χ3v) is 3.57. The van der Waals surface area contributed by atoms with Crippen molar-refractivity contribution in [2.75, 3.05) is 5.32 Å². The molecule has 110 valence electrons. The summed E-state index contributed by atoms with van der Waals surface area (Å²) in [5.74, 6) is -1.35. The number of rotatable bonds is 3. The van der Waals surface area contributed by atoms with Gasteiger partial charge in [0, 0.05) is 11.3 Å². The van der Waals surface area contributed by atoms with Crippen molar-refractivity contribution in [3.05, 3.63) is 48.0 Å². The molecule has 0 aliphatic carbocycles. The quantitative estimate of drug-likeness (QED) is 0.628. The molecule has 0 heterocycles. The van der Waals surface area contributed by atoms with Gasteiger partial charge in [-0.25, -0.2) is 13.6 Å². The number of sulfonamides is 1. The monoisotopic (exact) mass is 308 g/mol. The lowest BCUT2D eigenvalue weighted by Gasteiger charge is -2.07. The van der Waals surface area contributed by atoms with Gasteiger partial charge >= 0.3 is 0 Å². The zero-order valence-electron chi connectivity index (χ0n) is 10.6. The Hall–Kier alpha value is -2.58. The summed E-state index contributed by atoms with van der Waals surface area (Å²) < 4.78 is 22.5. The van der Waals surface area contributed by atoms with E-state index in [1.165, 1.54) is 36.4 Å². The molecule has 2 aromatic carbocycles. The van der Waals surface area contributed by atoms with Crippen LogP contribution in [0, 0.1) is 0 Å². The number of primary sulfonamides is 1. The van der Waals surface area contributed by atoms with E-state index in [0.29, 0.717) is 0 Å². The van der Waals surface area contributed by atoms with Gasteiger partial charge in [-0.3, -0.25) is 4.79 Å². The van der Waals surface area contributed by atoms with E-state index in [9.17, 15) is 23.4 Å². The third kappa shape index (κ3) is 3.50. The van der Waals surface area contributed by atoms with E-state index in [-0.39, 0.29) is 21.9 Å². The van der Waals surface area contributed by atoms with Gasteiger partial charge in [-0.2, -0.15) is 0 Å². The number of nitrogens with two attached hydrogens (primary N) is 1. The van der Waals surface area contributed by atoms with Gasteiger partial charge in [-0.1, -0.05) is 6.07 Å². The second kappa shape index (κ2) is 5.43. The minimum absolute atomic E-state index is 0.103. The predicted octanol–water partition coefficient (Wildman–Crippen LogP) is 0.997. The molecule has 0 saturated heterocycles. The molecule has 8 heteroatoms. The number of aromatic hydroxyl groups is 2. The van der Waals surface area contributed by atoms with Crippen LogP contribution in [0.15, 0.2) is 47.4 Å². The second-order valence-corrected chi connectivity index (χ2v) is 5.79. The molecular formula is C13H12N2O5S. The van der Waals surface area contributed by atoms with Gasteiger partial charge in [0.2, 0.25) is 10.0 Å². The minimum Gasteiger partial charge on any atom is -0.504 e. The van der Waals surface area contributed by atoms with Crippen LogP contribution in [0.2, 0.25) is 0 Å². The smallest absolute Gasteiger partial charge is 0.255 e. The highest BCUT2D eigenvalue weighted by atomic mass is 32.2. The van der Waals surface area contributed by atoms with Crippen molar-refractivity contribution in [3.63, 3.8) is 0 Å². The zero-order chi connectivity index (χ0) is 15.6. The van der Waals surface area contributed by atoms with Crippen molar-refractivity contribution in [2.45, 2.75) is 4.90 Å². The molecule has 5 N–H and O–H groups in total. The number of carbonyl (C=O) groups excluding carboxylic acids is 1. The van der Waals surface area contributed by atoms with E-state index in [1.54, 1.807) is 0 Å². The van der Waals surface area contributed by atoms with Crippen LogP contribution in [0.4, 0.5) is 5.69 Å². The number of hydrogen-bond acceptors (Lipinski definition) is 5. The summed E-state index contributed by atoms with van der Waals surface area (Å²) in [4.78, 5) is 11.8. The fourth-order valence-corrected chi connectivity index (χ4v) is 2.18. The summed E-state index contributed by atoms with van der Waals surface area (Å²) >= 11 is 0. The number of carbonyl (C=O) groups is 1. The van der Waals surface area contributed by atoms with Crippen molar-refractivity contribution in [1.82, 2.24) is 0 Å². The highest BCUT2D eigenvalue weighted by Crippen LogP contribution is 2.25. The minimum atomic E-state index is -3.86. The molecule has 0 radical (unpaired) electrons. The number of nitrogens with one attached hydrogen (secondary N) is 1. The van der Waals surface area contributed by atoms with E-state index in [2.05, 4.69) is 5.32 Å². The molecule has 1 amide bonds. The van der Waals surface area contributed by atoms with Gasteiger partial charge in [-0.15, -0.1) is 0 Å². The van der Waals surface area contributed by atoms with E-state index in [0.717, 1.165) is 6.07 Å². The average molecular weight is 308 g/mol. The molecule has 0 atom stereocenters. The molecule has 2 aromatic rings. The number of amides is 1. The molecule has 7 nitrogen and oxygen atoms in total. The Bertz CT molecular complexity index is 802. The number of phenols is 2. The van der Waals surface area contributed by atoms with Crippen LogP contribution in [0.1, 0.15) is 10.4 Å². The largest absolute Gasteiger partial charge is 0.504 e. The summed E-state index contributed by atoms with van der Waals surface area (Å²) in [5, 5.41) is 26.0. The molecule has 0 bridgehead atoms. The van der Waals surface area contributed by atoms with E-state index >= 15 is 0 Å². The predicted molar refractivity (Wildman–Crippen MR) is 75.5 cm³/mol. The summed E-state index contributed by atoms with van der Waals surface area (Å²) in [6.45, 7) is 0. The van der Waals surface area contributed by atoms with Gasteiger partial charge in [0.25, 0.3) is 5.91 Å². The van der Waals surface area contributed by atoms with Gasteiger partial charge in [-0.05, 0) is 36.4 Å². The van der Waals surface area contributed by atoms with E-state index in [4.69, 9.17) is 5.14 Å². The first-order valence-electron chi connectivity index (χ1n) is 5.73. The standard InChI is InChI=1S/C13H12N2O5S/c14-21(19,20)10-3-1-2-9(7-10)15-13(18)8-4-5-11(16)12(17)6-8/h1-7,16-17H,(H,15,18)(H2,14,19,20). The molecule has 0 fully saturated rings. The van der Waals surface area contributed by atoms with Crippen molar-refractivity contribution in [3.8, 4) is 11.5 Å². The third-order valence-electron chi connectivity index (χ3n) is 2.66. The van der Waals surface area contributed by atoms with E-state index < -0.39 is 21.7 Å². The Morgan fingerprint density at radius 1 is 1.05 bits per heavy atom. The van der Waals surface area contributed by atoms with Crippen molar-refractivity contribution in [1.29, 1.82) is 0 Å². The highest BCUT2D eigenvalue weighted by molar-refractivity contribution is 7.89. The maximum Gasteiger partial charge on any atom is 0.255 e. The maximum atomic E-state index is 12.0. The first kappa shape index (κ1) is 14.8. The van der Waals surface area contributed by atoms with Crippen LogP contribution < -0.4 is 10.5 Å². The Morgan fingerprint density at radius 3 is 2.38 bits per heavy atom. The van der Waals surface area contributed by atoms with Crippen LogP contribution >= 0.6 is 0 Å². The summed E-state index contributed by atoms with van der Waals surface area (Å²) in [6, 6.07) is 9.02. The van der Waals surface area contributed by atoms with Crippen molar-refractivity contribution >= 4 is 21.6 Å². The fraction of sp³-hybridized carbons (Fsp3) is 0. The second-order valence-electron chi connectivity index (χ2n) is 4.23. The molecule has 21 heavy (non-hydrogen) atoms. The van der Waals surface area contributed by atoms with Gasteiger partial charge in [0.1, 0.15) is 0 Å². The lowest BCUT2D eigenvalue weighted by molar-refractivity contribution is 0.102. The first-order valence-corrected chi connectivity index (χ1v) is 7.28. The molecular weight excluding hydrogens is 296 g/mol. The summed E-state index contributed by atoms with van der Waals surface area (Å²) in [7, 11) is -3.86. The molecule has 0 aliphatic heterocycles. The Morgan fingerprint density at radius 2 is 1.76 bits per heavy atom. The van der Waals surface area contributed by atoms with Crippen molar-refractivity contribution in [2.24, 2.45) is 5.14 Å². The van der Waals surface area contributed by atoms with Crippen LogP contribution in [0.25, 0.3) is 0 Å². The molecule has 0 aliphatic rings. The van der Waals surface area contributed by atoms with Crippen LogP contribution in [-0.4, -0.2) is 24.5 Å². The topological polar surface area (TPSA) is 130 Å². The normalized spacial score (nSPS) is 11.1. The van der Waals surface area contributed by atoms with Crippen LogP contribution in [0.3, 0.4) is 0 Å². The van der Waals surface area contributed by atoms with Gasteiger partial charge in [0.05, 0.1) is 4.90 Å². The van der Waals surface area contributed by atoms with E-state index in [1.807, 2.05) is 0 Å². The SMILES string of the molecule is NS(=O)(=O)c1cccc(NC(=O)c2ccc(O)c(O)c2)c1. The lowest BCUT2D eigenvalue weighted by atomic mass is 10.2. The molecule has 2 rings (SSSR count). The Labute approximate surface area is 120 Å². The number of phenolic OH excluding ortho intramolecular Hbond substituents is 2.